The molecule has 0 unspecified atom stereocenters. The van der Waals surface area contributed by atoms with Crippen LogP contribution < -0.4 is 5.32 Å². The van der Waals surface area contributed by atoms with Crippen molar-refractivity contribution in [3.05, 3.63) is 21.8 Å². The van der Waals surface area contributed by atoms with Gasteiger partial charge in [-0.15, -0.1) is 22.7 Å². The number of rotatable bonds is 4. The number of halogens is 1. The van der Waals surface area contributed by atoms with E-state index in [-0.39, 0.29) is 5.91 Å². The van der Waals surface area contributed by atoms with E-state index >= 15 is 0 Å². The molecule has 1 N–H and O–H groups in total. The topological polar surface area (TPSA) is 42.0 Å². The van der Waals surface area contributed by atoms with Crippen LogP contribution in [0.2, 0.25) is 4.34 Å². The van der Waals surface area contributed by atoms with Crippen molar-refractivity contribution in [3.63, 3.8) is 0 Å². The maximum atomic E-state index is 11.6. The van der Waals surface area contributed by atoms with Gasteiger partial charge in [-0.25, -0.2) is 4.98 Å². The van der Waals surface area contributed by atoms with Crippen LogP contribution in [0, 0.1) is 5.92 Å². The van der Waals surface area contributed by atoms with Gasteiger partial charge in [-0.05, 0) is 18.1 Å². The highest BCUT2D eigenvalue weighted by molar-refractivity contribution is 7.20. The minimum Gasteiger partial charge on any atom is -0.302 e. The fraction of sp³-hybridized carbons (Fsp3) is 0.333. The average Bonchev–Trinajstić information content (AvgIpc) is 2.85. The van der Waals surface area contributed by atoms with E-state index in [4.69, 9.17) is 11.6 Å². The van der Waals surface area contributed by atoms with Gasteiger partial charge in [-0.2, -0.15) is 0 Å². The fourth-order valence-electron chi connectivity index (χ4n) is 1.44. The molecule has 6 heteroatoms. The third kappa shape index (κ3) is 3.54. The Morgan fingerprint density at radius 1 is 1.50 bits per heavy atom. The summed E-state index contributed by atoms with van der Waals surface area (Å²) in [4.78, 5) is 17.0. The Balaban J connectivity index is 2.04. The molecule has 2 aromatic rings. The zero-order valence-corrected chi connectivity index (χ0v) is 12.5. The predicted octanol–water partition coefficient (Wildman–Crippen LogP) is 4.51. The molecule has 2 rings (SSSR count). The summed E-state index contributed by atoms with van der Waals surface area (Å²) in [5, 5.41) is 5.37. The number of amides is 1. The molecule has 3 nitrogen and oxygen atoms in total. The first kappa shape index (κ1) is 13.5. The fourth-order valence-corrected chi connectivity index (χ4v) is 3.24. The molecule has 1 amide bonds. The smallest absolute Gasteiger partial charge is 0.226 e. The van der Waals surface area contributed by atoms with E-state index in [1.807, 2.05) is 31.4 Å². The van der Waals surface area contributed by atoms with Gasteiger partial charge in [-0.1, -0.05) is 25.4 Å². The molecule has 0 saturated carbocycles. The van der Waals surface area contributed by atoms with Gasteiger partial charge in [0.05, 0.1) is 14.9 Å². The number of anilines is 1. The van der Waals surface area contributed by atoms with Gasteiger partial charge >= 0.3 is 0 Å². The van der Waals surface area contributed by atoms with Gasteiger partial charge in [0.15, 0.2) is 5.13 Å². The number of thiazole rings is 1. The SMILES string of the molecule is CC(C)CC(=O)Nc1nc(-c2ccc(Cl)s2)cs1. The third-order valence-electron chi connectivity index (χ3n) is 2.17. The minimum atomic E-state index is 0.00936. The minimum absolute atomic E-state index is 0.00936. The monoisotopic (exact) mass is 300 g/mol. The van der Waals surface area contributed by atoms with Gasteiger partial charge in [0.1, 0.15) is 0 Å². The highest BCUT2D eigenvalue weighted by Gasteiger charge is 2.10. The van der Waals surface area contributed by atoms with Gasteiger partial charge in [0, 0.05) is 11.8 Å². The molecule has 96 valence electrons. The van der Waals surface area contributed by atoms with E-state index in [0.29, 0.717) is 17.5 Å². The van der Waals surface area contributed by atoms with Crippen molar-refractivity contribution in [1.82, 2.24) is 4.98 Å². The molecular weight excluding hydrogens is 288 g/mol. The van der Waals surface area contributed by atoms with Gasteiger partial charge in [0.25, 0.3) is 0 Å². The Labute approximate surface area is 119 Å². The van der Waals surface area contributed by atoms with Crippen LogP contribution in [0.25, 0.3) is 10.6 Å². The van der Waals surface area contributed by atoms with Crippen molar-refractivity contribution in [2.75, 3.05) is 5.32 Å². The molecular formula is C12H13ClN2OS2. The predicted molar refractivity (Wildman–Crippen MR) is 78.5 cm³/mol. The van der Waals surface area contributed by atoms with Gasteiger partial charge < -0.3 is 5.32 Å². The number of hydrogen-bond donors (Lipinski definition) is 1. The lowest BCUT2D eigenvalue weighted by Gasteiger charge is -2.03. The number of nitrogens with one attached hydrogen (secondary N) is 1. The number of aromatic nitrogens is 1. The van der Waals surface area contributed by atoms with Crippen LogP contribution in [0.3, 0.4) is 0 Å². The van der Waals surface area contributed by atoms with E-state index in [9.17, 15) is 4.79 Å². The van der Waals surface area contributed by atoms with Crippen molar-refractivity contribution in [1.29, 1.82) is 0 Å². The highest BCUT2D eigenvalue weighted by Crippen LogP contribution is 2.32. The Morgan fingerprint density at radius 3 is 2.89 bits per heavy atom. The van der Waals surface area contributed by atoms with Crippen molar-refractivity contribution < 1.29 is 4.79 Å². The second-order valence-electron chi connectivity index (χ2n) is 4.29. The van der Waals surface area contributed by atoms with E-state index in [1.54, 1.807) is 0 Å². The highest BCUT2D eigenvalue weighted by atomic mass is 35.5. The van der Waals surface area contributed by atoms with Crippen molar-refractivity contribution in [2.45, 2.75) is 20.3 Å². The zero-order valence-electron chi connectivity index (χ0n) is 10.1. The van der Waals surface area contributed by atoms with Gasteiger partial charge in [0.2, 0.25) is 5.91 Å². The normalized spacial score (nSPS) is 10.9. The van der Waals surface area contributed by atoms with Crippen LogP contribution in [-0.2, 0) is 4.79 Å². The molecule has 0 aliphatic rings. The molecule has 0 saturated heterocycles. The molecule has 0 aromatic carbocycles. The average molecular weight is 301 g/mol. The third-order valence-corrected chi connectivity index (χ3v) is 4.18. The summed E-state index contributed by atoms with van der Waals surface area (Å²) in [6.45, 7) is 4.03. The Kier molecular flexibility index (Phi) is 4.37. The maximum absolute atomic E-state index is 11.6. The first-order valence-electron chi connectivity index (χ1n) is 5.55. The molecule has 0 spiro atoms. The summed E-state index contributed by atoms with van der Waals surface area (Å²) < 4.78 is 0.739. The summed E-state index contributed by atoms with van der Waals surface area (Å²) in [5.41, 5.74) is 0.858. The van der Waals surface area contributed by atoms with E-state index < -0.39 is 0 Å². The van der Waals surface area contributed by atoms with Crippen LogP contribution >= 0.6 is 34.3 Å². The largest absolute Gasteiger partial charge is 0.302 e. The number of thiophene rings is 1. The standard InChI is InChI=1S/C12H13ClN2OS2/c1-7(2)5-11(16)15-12-14-8(6-17-12)9-3-4-10(13)18-9/h3-4,6-7H,5H2,1-2H3,(H,14,15,16). The van der Waals surface area contributed by atoms with Crippen molar-refractivity contribution in [3.8, 4) is 10.6 Å². The number of nitrogens with zero attached hydrogens (tertiary/aromatic N) is 1. The van der Waals surface area contributed by atoms with Crippen molar-refractivity contribution >= 4 is 45.3 Å². The Morgan fingerprint density at radius 2 is 2.28 bits per heavy atom. The summed E-state index contributed by atoms with van der Waals surface area (Å²) in [6, 6.07) is 3.78. The first-order valence-corrected chi connectivity index (χ1v) is 7.63. The van der Waals surface area contributed by atoms with Crippen LogP contribution in [0.5, 0.6) is 0 Å². The summed E-state index contributed by atoms with van der Waals surface area (Å²) >= 11 is 8.79. The Bertz CT molecular complexity index is 548. The van der Waals surface area contributed by atoms with E-state index in [2.05, 4.69) is 10.3 Å². The molecule has 18 heavy (non-hydrogen) atoms. The molecule has 2 aromatic heterocycles. The van der Waals surface area contributed by atoms with Crippen molar-refractivity contribution in [2.24, 2.45) is 5.92 Å². The number of carbonyl (C=O) groups excluding carboxylic acids is 1. The molecule has 0 radical (unpaired) electrons. The van der Waals surface area contributed by atoms with Gasteiger partial charge in [-0.3, -0.25) is 4.79 Å². The molecule has 0 aliphatic carbocycles. The summed E-state index contributed by atoms with van der Waals surface area (Å²) in [6.07, 6.45) is 0.514. The lowest BCUT2D eigenvalue weighted by atomic mass is 10.1. The Hall–Kier alpha value is -0.910. The van der Waals surface area contributed by atoms with Crippen LogP contribution in [0.1, 0.15) is 20.3 Å². The lowest BCUT2D eigenvalue weighted by molar-refractivity contribution is -0.116. The molecule has 0 atom stereocenters. The molecule has 0 fully saturated rings. The molecule has 2 heterocycles. The van der Waals surface area contributed by atoms with Crippen LogP contribution in [0.15, 0.2) is 17.5 Å². The van der Waals surface area contributed by atoms with Crippen LogP contribution in [-0.4, -0.2) is 10.9 Å². The van der Waals surface area contributed by atoms with Crippen LogP contribution in [0.4, 0.5) is 5.13 Å². The molecule has 0 bridgehead atoms. The number of hydrogen-bond acceptors (Lipinski definition) is 4. The second kappa shape index (κ2) is 5.82. The van der Waals surface area contributed by atoms with E-state index in [1.165, 1.54) is 22.7 Å². The first-order chi connectivity index (χ1) is 8.54. The lowest BCUT2D eigenvalue weighted by Crippen LogP contribution is -2.13. The zero-order chi connectivity index (χ0) is 13.1. The second-order valence-corrected chi connectivity index (χ2v) is 6.86. The number of carbonyl (C=O) groups is 1. The quantitative estimate of drug-likeness (QED) is 0.902. The maximum Gasteiger partial charge on any atom is 0.226 e. The molecule has 0 aliphatic heterocycles. The summed E-state index contributed by atoms with van der Waals surface area (Å²) in [7, 11) is 0. The summed E-state index contributed by atoms with van der Waals surface area (Å²) in [5.74, 6) is 0.357. The van der Waals surface area contributed by atoms with E-state index in [0.717, 1.165) is 14.9 Å².